The molecule has 0 amide bonds. The predicted octanol–water partition coefficient (Wildman–Crippen LogP) is 4.23. The minimum absolute atomic E-state index is 0.336. The van der Waals surface area contributed by atoms with Crippen molar-refractivity contribution < 1.29 is 4.74 Å². The van der Waals surface area contributed by atoms with Crippen molar-refractivity contribution in [1.82, 2.24) is 4.98 Å². The van der Waals surface area contributed by atoms with Crippen LogP contribution in [0.15, 0.2) is 36.4 Å². The third-order valence-corrected chi connectivity index (χ3v) is 2.81. The number of ether oxygens (including phenoxy) is 1. The van der Waals surface area contributed by atoms with Gasteiger partial charge < -0.3 is 10.5 Å². The Morgan fingerprint density at radius 2 is 2.00 bits per heavy atom. The first-order valence-corrected chi connectivity index (χ1v) is 6.14. The number of aromatic nitrogens is 1. The molecule has 0 spiro atoms. The SMILES string of the molecule is CC(C)c1cccc(Oc2nc(Cl)ccc2N)c1. The van der Waals surface area contributed by atoms with Crippen LogP contribution in [0.5, 0.6) is 11.6 Å². The Hall–Kier alpha value is -1.74. The molecule has 1 aromatic carbocycles. The quantitative estimate of drug-likeness (QED) is 0.842. The van der Waals surface area contributed by atoms with Gasteiger partial charge in [0, 0.05) is 0 Å². The summed E-state index contributed by atoms with van der Waals surface area (Å²) in [6, 6.07) is 11.2. The highest BCUT2D eigenvalue weighted by Crippen LogP contribution is 2.28. The van der Waals surface area contributed by atoms with Crippen LogP contribution in [0.4, 0.5) is 5.69 Å². The summed E-state index contributed by atoms with van der Waals surface area (Å²) in [4.78, 5) is 4.06. The van der Waals surface area contributed by atoms with Crippen LogP contribution < -0.4 is 10.5 Å². The van der Waals surface area contributed by atoms with E-state index in [-0.39, 0.29) is 0 Å². The van der Waals surface area contributed by atoms with Gasteiger partial charge in [-0.15, -0.1) is 0 Å². The van der Waals surface area contributed by atoms with Gasteiger partial charge in [-0.3, -0.25) is 0 Å². The highest BCUT2D eigenvalue weighted by atomic mass is 35.5. The first kappa shape index (κ1) is 12.7. The lowest BCUT2D eigenvalue weighted by atomic mass is 10.0. The summed E-state index contributed by atoms with van der Waals surface area (Å²) in [5.74, 6) is 1.49. The largest absolute Gasteiger partial charge is 0.437 e. The molecule has 0 atom stereocenters. The predicted molar refractivity (Wildman–Crippen MR) is 74.3 cm³/mol. The summed E-state index contributed by atoms with van der Waals surface area (Å²) in [5.41, 5.74) is 7.46. The topological polar surface area (TPSA) is 48.1 Å². The molecule has 2 aromatic rings. The standard InChI is InChI=1S/C14H15ClN2O/c1-9(2)10-4-3-5-11(8-10)18-14-12(16)6-7-13(15)17-14/h3-9H,16H2,1-2H3. The molecule has 1 aromatic heterocycles. The highest BCUT2D eigenvalue weighted by Gasteiger charge is 2.06. The molecule has 0 aliphatic carbocycles. The van der Waals surface area contributed by atoms with Crippen molar-refractivity contribution in [3.63, 3.8) is 0 Å². The van der Waals surface area contributed by atoms with E-state index >= 15 is 0 Å². The van der Waals surface area contributed by atoms with Crippen LogP contribution in [0.25, 0.3) is 0 Å². The average molecular weight is 263 g/mol. The zero-order chi connectivity index (χ0) is 13.1. The van der Waals surface area contributed by atoms with Gasteiger partial charge in [0.1, 0.15) is 10.9 Å². The van der Waals surface area contributed by atoms with E-state index in [4.69, 9.17) is 22.1 Å². The fourth-order valence-corrected chi connectivity index (χ4v) is 1.70. The van der Waals surface area contributed by atoms with E-state index < -0.39 is 0 Å². The number of nitrogen functional groups attached to an aromatic ring is 1. The van der Waals surface area contributed by atoms with E-state index in [1.54, 1.807) is 12.1 Å². The summed E-state index contributed by atoms with van der Waals surface area (Å²) in [5, 5.41) is 0.360. The number of halogens is 1. The molecule has 3 nitrogen and oxygen atoms in total. The summed E-state index contributed by atoms with van der Waals surface area (Å²) in [7, 11) is 0. The highest BCUT2D eigenvalue weighted by molar-refractivity contribution is 6.29. The Bertz CT molecular complexity index is 555. The van der Waals surface area contributed by atoms with E-state index in [1.807, 2.05) is 18.2 Å². The number of hydrogen-bond donors (Lipinski definition) is 1. The molecule has 0 saturated carbocycles. The molecule has 0 fully saturated rings. The molecule has 0 saturated heterocycles. The van der Waals surface area contributed by atoms with Crippen LogP contribution in [-0.2, 0) is 0 Å². The smallest absolute Gasteiger partial charge is 0.244 e. The van der Waals surface area contributed by atoms with Crippen LogP contribution in [0.1, 0.15) is 25.3 Å². The van der Waals surface area contributed by atoms with Crippen molar-refractivity contribution in [3.05, 3.63) is 47.1 Å². The molecule has 18 heavy (non-hydrogen) atoms. The van der Waals surface area contributed by atoms with Crippen molar-refractivity contribution in [2.75, 3.05) is 5.73 Å². The molecular formula is C14H15ClN2O. The Morgan fingerprint density at radius 3 is 2.72 bits per heavy atom. The van der Waals surface area contributed by atoms with Crippen LogP contribution in [-0.4, -0.2) is 4.98 Å². The zero-order valence-electron chi connectivity index (χ0n) is 10.4. The lowest BCUT2D eigenvalue weighted by molar-refractivity contribution is 0.464. The van der Waals surface area contributed by atoms with Gasteiger partial charge in [-0.2, -0.15) is 4.98 Å². The summed E-state index contributed by atoms with van der Waals surface area (Å²) >= 11 is 5.82. The second kappa shape index (κ2) is 5.27. The molecule has 2 rings (SSSR count). The Morgan fingerprint density at radius 1 is 1.22 bits per heavy atom. The van der Waals surface area contributed by atoms with Gasteiger partial charge in [-0.25, -0.2) is 0 Å². The maximum Gasteiger partial charge on any atom is 0.244 e. The molecule has 0 bridgehead atoms. The minimum atomic E-state index is 0.336. The molecule has 0 aliphatic rings. The van der Waals surface area contributed by atoms with Gasteiger partial charge in [0.25, 0.3) is 0 Å². The summed E-state index contributed by atoms with van der Waals surface area (Å²) in [6.07, 6.45) is 0. The van der Waals surface area contributed by atoms with Crippen molar-refractivity contribution >= 4 is 17.3 Å². The lowest BCUT2D eigenvalue weighted by Crippen LogP contribution is -1.96. The third-order valence-electron chi connectivity index (χ3n) is 2.60. The number of benzene rings is 1. The van der Waals surface area contributed by atoms with Gasteiger partial charge in [0.15, 0.2) is 0 Å². The summed E-state index contributed by atoms with van der Waals surface area (Å²) in [6.45, 7) is 4.26. The van der Waals surface area contributed by atoms with E-state index in [0.717, 1.165) is 0 Å². The van der Waals surface area contributed by atoms with E-state index in [1.165, 1.54) is 5.56 Å². The van der Waals surface area contributed by atoms with E-state index in [0.29, 0.717) is 28.4 Å². The number of anilines is 1. The van der Waals surface area contributed by atoms with Gasteiger partial charge in [0.05, 0.1) is 5.69 Å². The maximum absolute atomic E-state index is 5.82. The summed E-state index contributed by atoms with van der Waals surface area (Å²) < 4.78 is 5.66. The average Bonchev–Trinajstić information content (AvgIpc) is 2.34. The van der Waals surface area contributed by atoms with Gasteiger partial charge in [-0.1, -0.05) is 37.6 Å². The van der Waals surface area contributed by atoms with Crippen LogP contribution in [0, 0.1) is 0 Å². The second-order valence-corrected chi connectivity index (χ2v) is 4.74. The van der Waals surface area contributed by atoms with Crippen LogP contribution in [0.2, 0.25) is 5.15 Å². The molecule has 0 radical (unpaired) electrons. The molecule has 2 N–H and O–H groups in total. The normalized spacial score (nSPS) is 10.7. The fraction of sp³-hybridized carbons (Fsp3) is 0.214. The first-order chi connectivity index (χ1) is 8.56. The Balaban J connectivity index is 2.28. The van der Waals surface area contributed by atoms with Crippen molar-refractivity contribution in [2.24, 2.45) is 0 Å². The van der Waals surface area contributed by atoms with Gasteiger partial charge in [0.2, 0.25) is 5.88 Å². The van der Waals surface area contributed by atoms with Crippen molar-refractivity contribution in [3.8, 4) is 11.6 Å². The van der Waals surface area contributed by atoms with E-state index in [2.05, 4.69) is 24.9 Å². The molecule has 1 heterocycles. The number of hydrogen-bond acceptors (Lipinski definition) is 3. The lowest BCUT2D eigenvalue weighted by Gasteiger charge is -2.10. The van der Waals surface area contributed by atoms with E-state index in [9.17, 15) is 0 Å². The molecule has 4 heteroatoms. The first-order valence-electron chi connectivity index (χ1n) is 5.76. The van der Waals surface area contributed by atoms with Crippen LogP contribution >= 0.6 is 11.6 Å². The second-order valence-electron chi connectivity index (χ2n) is 4.36. The molecular weight excluding hydrogens is 248 g/mol. The fourth-order valence-electron chi connectivity index (χ4n) is 1.56. The minimum Gasteiger partial charge on any atom is -0.437 e. The Labute approximate surface area is 112 Å². The third kappa shape index (κ3) is 2.93. The van der Waals surface area contributed by atoms with Crippen molar-refractivity contribution in [2.45, 2.75) is 19.8 Å². The van der Waals surface area contributed by atoms with Gasteiger partial charge in [-0.05, 0) is 35.7 Å². The number of nitrogens with zero attached hydrogens (tertiary/aromatic N) is 1. The monoisotopic (exact) mass is 262 g/mol. The zero-order valence-corrected chi connectivity index (χ0v) is 11.1. The Kier molecular flexibility index (Phi) is 3.72. The number of pyridine rings is 1. The van der Waals surface area contributed by atoms with Crippen LogP contribution in [0.3, 0.4) is 0 Å². The maximum atomic E-state index is 5.82. The van der Waals surface area contributed by atoms with Crippen molar-refractivity contribution in [1.29, 1.82) is 0 Å². The molecule has 0 aliphatic heterocycles. The number of rotatable bonds is 3. The molecule has 94 valence electrons. The number of nitrogens with two attached hydrogens (primary N) is 1. The van der Waals surface area contributed by atoms with Gasteiger partial charge >= 0.3 is 0 Å². The molecule has 0 unspecified atom stereocenters.